The molecule has 0 aliphatic heterocycles. The van der Waals surface area contributed by atoms with Gasteiger partial charge in [0.15, 0.2) is 9.84 Å². The largest absolute Gasteiger partial charge is 0.495 e. The number of sulfone groups is 1. The molecule has 21 heavy (non-hydrogen) atoms. The number of nitrogens with one attached hydrogen (secondary N) is 1. The van der Waals surface area contributed by atoms with E-state index >= 15 is 0 Å². The molecule has 1 amide bonds. The van der Waals surface area contributed by atoms with Crippen LogP contribution in [0.3, 0.4) is 0 Å². The molecule has 1 rings (SSSR count). The van der Waals surface area contributed by atoms with Gasteiger partial charge in [-0.2, -0.15) is 0 Å². The number of carbonyl (C=O) groups is 2. The van der Waals surface area contributed by atoms with Gasteiger partial charge in [0.2, 0.25) is 5.91 Å². The zero-order valence-corrected chi connectivity index (χ0v) is 12.5. The van der Waals surface area contributed by atoms with Crippen molar-refractivity contribution < 1.29 is 27.9 Å². The van der Waals surface area contributed by atoms with E-state index in [-0.39, 0.29) is 0 Å². The molecule has 1 aromatic carbocycles. The fourth-order valence-electron chi connectivity index (χ4n) is 1.63. The van der Waals surface area contributed by atoms with Crippen LogP contribution in [0.15, 0.2) is 24.3 Å². The predicted octanol–water partition coefficient (Wildman–Crippen LogP) is 0.912. The molecule has 2 N–H and O–H groups in total. The Kier molecular flexibility index (Phi) is 5.71. The number of amides is 1. The third kappa shape index (κ3) is 5.07. The standard InChI is InChI=1S/C13H17NO6S/c1-9(7-13(16)17)21(18,19)8-12(15)14-10-5-3-4-6-11(10)20-2/h3-6,9H,7-8H2,1-2H3,(H,14,15)(H,16,17). The minimum Gasteiger partial charge on any atom is -0.495 e. The second-order valence-electron chi connectivity index (χ2n) is 4.46. The third-order valence-corrected chi connectivity index (χ3v) is 4.85. The molecule has 0 aliphatic rings. The number of benzene rings is 1. The fraction of sp³-hybridized carbons (Fsp3) is 0.385. The minimum absolute atomic E-state index is 0.353. The molecule has 1 unspecified atom stereocenters. The number of carbonyl (C=O) groups excluding carboxylic acids is 1. The Balaban J connectivity index is 2.75. The highest BCUT2D eigenvalue weighted by Crippen LogP contribution is 2.23. The van der Waals surface area contributed by atoms with Gasteiger partial charge in [0.05, 0.1) is 24.5 Å². The van der Waals surface area contributed by atoms with Crippen molar-refractivity contribution in [3.05, 3.63) is 24.3 Å². The van der Waals surface area contributed by atoms with Crippen molar-refractivity contribution in [3.8, 4) is 5.75 Å². The smallest absolute Gasteiger partial charge is 0.304 e. The van der Waals surface area contributed by atoms with Crippen LogP contribution in [0.4, 0.5) is 5.69 Å². The van der Waals surface area contributed by atoms with Crippen molar-refractivity contribution >= 4 is 27.4 Å². The number of para-hydroxylation sites is 2. The summed E-state index contributed by atoms with van der Waals surface area (Å²) < 4.78 is 28.8. The molecular weight excluding hydrogens is 298 g/mol. The van der Waals surface area contributed by atoms with Gasteiger partial charge in [-0.1, -0.05) is 12.1 Å². The molecule has 0 bridgehead atoms. The average molecular weight is 315 g/mol. The van der Waals surface area contributed by atoms with E-state index in [0.717, 1.165) is 0 Å². The van der Waals surface area contributed by atoms with Gasteiger partial charge in [0.1, 0.15) is 11.5 Å². The molecule has 0 radical (unpaired) electrons. The van der Waals surface area contributed by atoms with Crippen molar-refractivity contribution in [2.45, 2.75) is 18.6 Å². The Bertz CT molecular complexity index is 625. The predicted molar refractivity (Wildman–Crippen MR) is 77.1 cm³/mol. The second kappa shape index (κ2) is 7.07. The number of aliphatic carboxylic acids is 1. The minimum atomic E-state index is -3.83. The zero-order chi connectivity index (χ0) is 16.0. The molecule has 1 atom stereocenters. The maximum absolute atomic E-state index is 11.9. The van der Waals surface area contributed by atoms with E-state index in [1.165, 1.54) is 14.0 Å². The van der Waals surface area contributed by atoms with E-state index in [9.17, 15) is 18.0 Å². The molecule has 1 aromatic rings. The van der Waals surface area contributed by atoms with Crippen molar-refractivity contribution in [1.82, 2.24) is 0 Å². The molecule has 0 saturated carbocycles. The third-order valence-electron chi connectivity index (χ3n) is 2.79. The summed E-state index contributed by atoms with van der Waals surface area (Å²) in [6, 6.07) is 6.57. The van der Waals surface area contributed by atoms with Crippen LogP contribution in [-0.4, -0.2) is 43.5 Å². The summed E-state index contributed by atoms with van der Waals surface area (Å²) in [4.78, 5) is 22.3. The van der Waals surface area contributed by atoms with Crippen molar-refractivity contribution in [2.75, 3.05) is 18.2 Å². The van der Waals surface area contributed by atoms with Gasteiger partial charge in [0.25, 0.3) is 0 Å². The van der Waals surface area contributed by atoms with Crippen molar-refractivity contribution in [3.63, 3.8) is 0 Å². The molecule has 0 spiro atoms. The van der Waals surface area contributed by atoms with Gasteiger partial charge in [-0.05, 0) is 19.1 Å². The van der Waals surface area contributed by atoms with Gasteiger partial charge in [-0.15, -0.1) is 0 Å². The van der Waals surface area contributed by atoms with Crippen LogP contribution in [-0.2, 0) is 19.4 Å². The molecule has 0 fully saturated rings. The topological polar surface area (TPSA) is 110 Å². The second-order valence-corrected chi connectivity index (χ2v) is 6.88. The summed E-state index contributed by atoms with van der Waals surface area (Å²) in [7, 11) is -2.40. The molecule has 7 nitrogen and oxygen atoms in total. The van der Waals surface area contributed by atoms with Crippen LogP contribution in [0.1, 0.15) is 13.3 Å². The number of carboxylic acids is 1. The van der Waals surface area contributed by atoms with Crippen LogP contribution >= 0.6 is 0 Å². The molecular formula is C13H17NO6S. The molecule has 8 heteroatoms. The number of ether oxygens (including phenoxy) is 1. The van der Waals surface area contributed by atoms with Crippen LogP contribution in [0, 0.1) is 0 Å². The highest BCUT2D eigenvalue weighted by atomic mass is 32.2. The molecule has 0 aliphatic carbocycles. The SMILES string of the molecule is COc1ccccc1NC(=O)CS(=O)(=O)C(C)CC(=O)O. The maximum atomic E-state index is 11.9. The molecule has 116 valence electrons. The molecule has 0 heterocycles. The maximum Gasteiger partial charge on any atom is 0.304 e. The quantitative estimate of drug-likeness (QED) is 0.774. The van der Waals surface area contributed by atoms with Crippen LogP contribution < -0.4 is 10.1 Å². The lowest BCUT2D eigenvalue weighted by atomic mass is 10.3. The highest BCUT2D eigenvalue weighted by Gasteiger charge is 2.26. The number of carboxylic acid groups (broad SMARTS) is 1. The average Bonchev–Trinajstić information content (AvgIpc) is 2.37. The number of anilines is 1. The summed E-state index contributed by atoms with van der Waals surface area (Å²) in [5.41, 5.74) is 0.353. The van der Waals surface area contributed by atoms with Crippen LogP contribution in [0.2, 0.25) is 0 Å². The summed E-state index contributed by atoms with van der Waals surface area (Å²) in [5.74, 6) is -2.34. The number of methoxy groups -OCH3 is 1. The van der Waals surface area contributed by atoms with E-state index in [0.29, 0.717) is 11.4 Å². The summed E-state index contributed by atoms with van der Waals surface area (Å²) in [6.45, 7) is 1.26. The number of hydrogen-bond donors (Lipinski definition) is 2. The van der Waals surface area contributed by atoms with Gasteiger partial charge in [-0.3, -0.25) is 9.59 Å². The first-order valence-electron chi connectivity index (χ1n) is 6.12. The van der Waals surface area contributed by atoms with E-state index in [1.807, 2.05) is 0 Å². The van der Waals surface area contributed by atoms with Crippen LogP contribution in [0.5, 0.6) is 5.75 Å². The molecule has 0 aromatic heterocycles. The normalized spacial score (nSPS) is 12.5. The highest BCUT2D eigenvalue weighted by molar-refractivity contribution is 7.92. The van der Waals surface area contributed by atoms with E-state index in [1.54, 1.807) is 24.3 Å². The zero-order valence-electron chi connectivity index (χ0n) is 11.7. The Labute approximate surface area is 122 Å². The van der Waals surface area contributed by atoms with Gasteiger partial charge in [-0.25, -0.2) is 8.42 Å². The Morgan fingerprint density at radius 2 is 1.95 bits per heavy atom. The lowest BCUT2D eigenvalue weighted by molar-refractivity contribution is -0.137. The molecule has 0 saturated heterocycles. The lowest BCUT2D eigenvalue weighted by Gasteiger charge is -2.12. The lowest BCUT2D eigenvalue weighted by Crippen LogP contribution is -2.30. The first kappa shape index (κ1) is 17.0. The fourth-order valence-corrected chi connectivity index (χ4v) is 2.75. The first-order chi connectivity index (χ1) is 9.76. The number of hydrogen-bond acceptors (Lipinski definition) is 5. The first-order valence-corrected chi connectivity index (χ1v) is 7.84. The monoisotopic (exact) mass is 315 g/mol. The van der Waals surface area contributed by atoms with E-state index in [4.69, 9.17) is 9.84 Å². The van der Waals surface area contributed by atoms with Crippen LogP contribution in [0.25, 0.3) is 0 Å². The summed E-state index contributed by atoms with van der Waals surface area (Å²) in [6.07, 6.45) is -0.537. The summed E-state index contributed by atoms with van der Waals surface area (Å²) in [5, 5.41) is 9.91. The summed E-state index contributed by atoms with van der Waals surface area (Å²) >= 11 is 0. The van der Waals surface area contributed by atoms with Gasteiger partial charge in [0, 0.05) is 0 Å². The van der Waals surface area contributed by atoms with Crippen molar-refractivity contribution in [2.24, 2.45) is 0 Å². The Hall–Kier alpha value is -2.09. The van der Waals surface area contributed by atoms with Gasteiger partial charge < -0.3 is 15.2 Å². The Morgan fingerprint density at radius 1 is 1.33 bits per heavy atom. The van der Waals surface area contributed by atoms with Crippen molar-refractivity contribution in [1.29, 1.82) is 0 Å². The van der Waals surface area contributed by atoms with E-state index < -0.39 is 39.1 Å². The van der Waals surface area contributed by atoms with E-state index in [2.05, 4.69) is 5.32 Å². The Morgan fingerprint density at radius 3 is 2.52 bits per heavy atom. The number of rotatable bonds is 7. The van der Waals surface area contributed by atoms with Gasteiger partial charge >= 0.3 is 5.97 Å².